The van der Waals surface area contributed by atoms with Gasteiger partial charge in [0.15, 0.2) is 0 Å². The van der Waals surface area contributed by atoms with E-state index in [1.807, 2.05) is 45.9 Å². The average molecular weight is 191 g/mol. The fraction of sp³-hybridized carbons (Fsp3) is 0.417. The normalized spacial score (nSPS) is 18.0. The van der Waals surface area contributed by atoms with Gasteiger partial charge in [0.2, 0.25) is 0 Å². The van der Waals surface area contributed by atoms with Crippen LogP contribution in [0.25, 0.3) is 0 Å². The molecule has 76 valence electrons. The monoisotopic (exact) mass is 191 g/mol. The van der Waals surface area contributed by atoms with Gasteiger partial charge in [0.25, 0.3) is 5.91 Å². The van der Waals surface area contributed by atoms with Gasteiger partial charge in [-0.05, 0) is 25.5 Å². The summed E-state index contributed by atoms with van der Waals surface area (Å²) in [5, 5.41) is 2.87. The lowest BCUT2D eigenvalue weighted by Crippen LogP contribution is -2.16. The van der Waals surface area contributed by atoms with Crippen molar-refractivity contribution in [2.75, 3.05) is 0 Å². The van der Waals surface area contributed by atoms with Crippen LogP contribution in [-0.4, -0.2) is 5.91 Å². The summed E-state index contributed by atoms with van der Waals surface area (Å²) in [6.07, 6.45) is 0. The van der Waals surface area contributed by atoms with Crippen molar-refractivity contribution in [3.05, 3.63) is 34.9 Å². The Morgan fingerprint density at radius 3 is 2.57 bits per heavy atom. The fourth-order valence-corrected chi connectivity index (χ4v) is 1.60. The zero-order valence-electron chi connectivity index (χ0n) is 9.22. The van der Waals surface area contributed by atoms with E-state index in [1.165, 1.54) is 0 Å². The molecule has 1 amide bonds. The third kappa shape index (κ3) is 1.79. The summed E-state index contributed by atoms with van der Waals surface area (Å²) < 4.78 is 0. The average Bonchev–Trinajstić information content (AvgIpc) is 2.46. The molecule has 0 unspecified atom stereocenters. The number of rotatable bonds is 0. The third-order valence-corrected chi connectivity index (χ3v) is 2.27. The van der Waals surface area contributed by atoms with Crippen LogP contribution in [0.4, 0.5) is 0 Å². The van der Waals surface area contributed by atoms with Gasteiger partial charge < -0.3 is 5.32 Å². The van der Waals surface area contributed by atoms with Crippen molar-refractivity contribution >= 4 is 5.91 Å². The summed E-state index contributed by atoms with van der Waals surface area (Å²) in [5.41, 5.74) is 3.09. The van der Waals surface area contributed by atoms with Crippen LogP contribution in [0.3, 0.4) is 0 Å². The predicted molar refractivity (Wildman–Crippen MR) is 58.4 cm³/mol. The van der Waals surface area contributed by atoms with Gasteiger partial charge in [0, 0.05) is 5.56 Å². The van der Waals surface area contributed by atoms with E-state index in [4.69, 9.17) is 0 Å². The number of hydrogen-bond donors (Lipinski definition) is 1. The molecule has 1 aliphatic heterocycles. The second-order valence-electron chi connectivity index (χ2n) is 3.29. The van der Waals surface area contributed by atoms with Crippen LogP contribution >= 0.6 is 0 Å². The van der Waals surface area contributed by atoms with E-state index in [-0.39, 0.29) is 11.9 Å². The molecule has 1 atom stereocenters. The molecule has 2 nitrogen and oxygen atoms in total. The summed E-state index contributed by atoms with van der Waals surface area (Å²) in [4.78, 5) is 11.3. The molecule has 1 aromatic rings. The molecule has 1 N–H and O–H groups in total. The van der Waals surface area contributed by atoms with Crippen LogP contribution in [0.15, 0.2) is 18.2 Å². The van der Waals surface area contributed by atoms with Crippen molar-refractivity contribution < 1.29 is 4.79 Å². The lowest BCUT2D eigenvalue weighted by Gasteiger charge is -2.02. The van der Waals surface area contributed by atoms with Crippen molar-refractivity contribution in [1.82, 2.24) is 5.32 Å². The highest BCUT2D eigenvalue weighted by molar-refractivity contribution is 5.99. The number of aryl methyl sites for hydroxylation is 1. The number of nitrogens with one attached hydrogen (secondary N) is 1. The maximum Gasteiger partial charge on any atom is 0.252 e. The van der Waals surface area contributed by atoms with Crippen LogP contribution in [-0.2, 0) is 0 Å². The van der Waals surface area contributed by atoms with Crippen molar-refractivity contribution in [3.63, 3.8) is 0 Å². The van der Waals surface area contributed by atoms with Gasteiger partial charge in [-0.15, -0.1) is 0 Å². The van der Waals surface area contributed by atoms with E-state index in [0.29, 0.717) is 0 Å². The Hall–Kier alpha value is -1.31. The van der Waals surface area contributed by atoms with Crippen LogP contribution < -0.4 is 5.32 Å². The maximum atomic E-state index is 11.3. The molecule has 0 aromatic heterocycles. The van der Waals surface area contributed by atoms with Crippen LogP contribution in [0, 0.1) is 6.92 Å². The molecule has 1 aliphatic rings. The Kier molecular flexibility index (Phi) is 3.28. The molecule has 2 heteroatoms. The highest BCUT2D eigenvalue weighted by Crippen LogP contribution is 2.25. The van der Waals surface area contributed by atoms with Crippen molar-refractivity contribution in [1.29, 1.82) is 0 Å². The molecule has 0 saturated carbocycles. The Labute approximate surface area is 85.3 Å². The maximum absolute atomic E-state index is 11.3. The van der Waals surface area contributed by atoms with E-state index < -0.39 is 0 Å². The number of hydrogen-bond acceptors (Lipinski definition) is 1. The lowest BCUT2D eigenvalue weighted by molar-refractivity contribution is 0.0958. The van der Waals surface area contributed by atoms with Crippen molar-refractivity contribution in [2.24, 2.45) is 0 Å². The minimum absolute atomic E-state index is 0.0567. The summed E-state index contributed by atoms with van der Waals surface area (Å²) >= 11 is 0. The molecule has 1 aromatic carbocycles. The van der Waals surface area contributed by atoms with E-state index in [0.717, 1.165) is 16.7 Å². The second-order valence-corrected chi connectivity index (χ2v) is 3.29. The standard InChI is InChI=1S/C10H11NO.C2H6/c1-6-3-4-8-7(2)11-10(12)9(8)5-6;1-2/h3-5,7H,1-2H3,(H,11,12);1-2H3/t7-;/m1./s1. The molecule has 14 heavy (non-hydrogen) atoms. The van der Waals surface area contributed by atoms with Crippen LogP contribution in [0.2, 0.25) is 0 Å². The van der Waals surface area contributed by atoms with Crippen molar-refractivity contribution in [3.8, 4) is 0 Å². The zero-order chi connectivity index (χ0) is 10.7. The molecular weight excluding hydrogens is 174 g/mol. The molecule has 1 heterocycles. The number of amides is 1. The van der Waals surface area contributed by atoms with Gasteiger partial charge in [-0.1, -0.05) is 31.5 Å². The van der Waals surface area contributed by atoms with E-state index >= 15 is 0 Å². The molecule has 0 spiro atoms. The Morgan fingerprint density at radius 1 is 1.29 bits per heavy atom. The Bertz CT molecular complexity index is 344. The number of carbonyl (C=O) groups is 1. The second kappa shape index (κ2) is 4.27. The number of carbonyl (C=O) groups excluding carboxylic acids is 1. The summed E-state index contributed by atoms with van der Waals surface area (Å²) in [6, 6.07) is 6.17. The van der Waals surface area contributed by atoms with Crippen LogP contribution in [0.1, 0.15) is 48.3 Å². The SMILES string of the molecule is CC.Cc1ccc2c(c1)C(=O)N[C@@H]2C. The van der Waals surface area contributed by atoms with Gasteiger partial charge in [-0.2, -0.15) is 0 Å². The molecule has 0 aliphatic carbocycles. The van der Waals surface area contributed by atoms with E-state index in [9.17, 15) is 4.79 Å². The highest BCUT2D eigenvalue weighted by Gasteiger charge is 2.24. The molecule has 0 saturated heterocycles. The molecule has 0 radical (unpaired) electrons. The van der Waals surface area contributed by atoms with Gasteiger partial charge in [0.1, 0.15) is 0 Å². The fourth-order valence-electron chi connectivity index (χ4n) is 1.60. The highest BCUT2D eigenvalue weighted by atomic mass is 16.2. The summed E-state index contributed by atoms with van der Waals surface area (Å²) in [6.45, 7) is 8.00. The molecule has 0 fully saturated rings. The smallest absolute Gasteiger partial charge is 0.252 e. The van der Waals surface area contributed by atoms with Gasteiger partial charge >= 0.3 is 0 Å². The van der Waals surface area contributed by atoms with E-state index in [2.05, 4.69) is 5.32 Å². The van der Waals surface area contributed by atoms with Crippen LogP contribution in [0.5, 0.6) is 0 Å². The quantitative estimate of drug-likeness (QED) is 0.671. The Morgan fingerprint density at radius 2 is 1.93 bits per heavy atom. The Balaban J connectivity index is 0.000000461. The minimum atomic E-state index is 0.0567. The van der Waals surface area contributed by atoms with Gasteiger partial charge in [0.05, 0.1) is 6.04 Å². The third-order valence-electron chi connectivity index (χ3n) is 2.27. The summed E-state index contributed by atoms with van der Waals surface area (Å²) in [7, 11) is 0. The topological polar surface area (TPSA) is 29.1 Å². The largest absolute Gasteiger partial charge is 0.345 e. The van der Waals surface area contributed by atoms with Gasteiger partial charge in [-0.25, -0.2) is 0 Å². The minimum Gasteiger partial charge on any atom is -0.345 e. The predicted octanol–water partition coefficient (Wildman–Crippen LogP) is 2.83. The molecule has 0 bridgehead atoms. The number of benzene rings is 1. The lowest BCUT2D eigenvalue weighted by atomic mass is 10.0. The number of fused-ring (bicyclic) bond motifs is 1. The van der Waals surface area contributed by atoms with Gasteiger partial charge in [-0.3, -0.25) is 4.79 Å². The first kappa shape index (κ1) is 10.8. The molecular formula is C12H17NO. The summed E-state index contributed by atoms with van der Waals surface area (Å²) in [5.74, 6) is 0.0567. The zero-order valence-corrected chi connectivity index (χ0v) is 9.22. The van der Waals surface area contributed by atoms with E-state index in [1.54, 1.807) is 0 Å². The molecule has 2 rings (SSSR count). The first-order chi connectivity index (χ1) is 6.68. The first-order valence-corrected chi connectivity index (χ1v) is 5.10. The first-order valence-electron chi connectivity index (χ1n) is 5.10. The van der Waals surface area contributed by atoms with Crippen molar-refractivity contribution in [2.45, 2.75) is 33.7 Å².